The molecule has 4 rings (SSSR count). The molecule has 2 N–H and O–H groups in total. The van der Waals surface area contributed by atoms with Crippen molar-refractivity contribution in [3.63, 3.8) is 0 Å². The van der Waals surface area contributed by atoms with E-state index in [4.69, 9.17) is 13.9 Å². The van der Waals surface area contributed by atoms with Crippen molar-refractivity contribution in [2.24, 2.45) is 0 Å². The van der Waals surface area contributed by atoms with Crippen LogP contribution in [0.4, 0.5) is 0 Å². The van der Waals surface area contributed by atoms with Gasteiger partial charge in [-0.25, -0.2) is 14.6 Å². The lowest BCUT2D eigenvalue weighted by atomic mass is 10.1. The Morgan fingerprint density at radius 1 is 0.966 bits per heavy atom. The van der Waals surface area contributed by atoms with Crippen molar-refractivity contribution < 1.29 is 28.6 Å². The minimum atomic E-state index is -1.15. The third kappa shape index (κ3) is 4.07. The van der Waals surface area contributed by atoms with E-state index in [0.29, 0.717) is 28.2 Å². The molecule has 29 heavy (non-hydrogen) atoms. The smallest absolute Gasteiger partial charge is 0.342 e. The molecule has 0 aliphatic rings. The maximum absolute atomic E-state index is 11.7. The number of aromatic nitrogens is 1. The van der Waals surface area contributed by atoms with Crippen molar-refractivity contribution in [3.8, 4) is 11.3 Å². The lowest BCUT2D eigenvalue weighted by Crippen LogP contribution is -1.96. The van der Waals surface area contributed by atoms with E-state index in [1.54, 1.807) is 42.5 Å². The van der Waals surface area contributed by atoms with Crippen molar-refractivity contribution in [2.45, 2.75) is 5.22 Å². The van der Waals surface area contributed by atoms with Gasteiger partial charge in [-0.3, -0.25) is 0 Å². The van der Waals surface area contributed by atoms with Crippen LogP contribution in [0.1, 0.15) is 16.1 Å². The van der Waals surface area contributed by atoms with E-state index in [1.807, 2.05) is 6.07 Å². The van der Waals surface area contributed by atoms with Gasteiger partial charge in [0.15, 0.2) is 5.58 Å². The molecule has 144 valence electrons. The Kier molecular flexibility index (Phi) is 4.92. The molecule has 0 atom stereocenters. The number of aliphatic carboxylic acids is 1. The van der Waals surface area contributed by atoms with Crippen LogP contribution in [-0.2, 0) is 4.79 Å². The zero-order valence-electron chi connectivity index (χ0n) is 14.7. The number of benzene rings is 2. The number of nitrogens with zero attached hydrogens (tertiary/aromatic N) is 1. The molecule has 4 aromatic rings. The monoisotopic (exact) mass is 407 g/mol. The Morgan fingerprint density at radius 2 is 1.79 bits per heavy atom. The number of rotatable bonds is 6. The average Bonchev–Trinajstić information content (AvgIpc) is 3.34. The number of hydrogen-bond donors (Lipinski definition) is 2. The number of carbonyl (C=O) groups is 2. The van der Waals surface area contributed by atoms with E-state index in [0.717, 1.165) is 11.8 Å². The molecule has 2 aromatic heterocycles. The molecule has 0 aliphatic carbocycles. The maximum Gasteiger partial charge on any atom is 0.342 e. The van der Waals surface area contributed by atoms with E-state index in [-0.39, 0.29) is 15.7 Å². The Morgan fingerprint density at radius 3 is 2.55 bits per heavy atom. The summed E-state index contributed by atoms with van der Waals surface area (Å²) in [6.45, 7) is 0. The quantitative estimate of drug-likeness (QED) is 0.339. The van der Waals surface area contributed by atoms with Gasteiger partial charge in [-0.2, -0.15) is 0 Å². The fourth-order valence-corrected chi connectivity index (χ4v) is 3.37. The predicted molar refractivity (Wildman–Crippen MR) is 107 cm³/mol. The fourth-order valence-electron chi connectivity index (χ4n) is 2.64. The van der Waals surface area contributed by atoms with Gasteiger partial charge < -0.3 is 19.0 Å². The number of aromatic carboxylic acids is 1. The standard InChI is InChI=1S/C21H13NO6S/c23-19(24)13-5-3-4-12(10-13)16-9-8-14(27-16)11-18(20(25)26)29-21-22-15-6-1-2-7-17(15)28-21/h1-11H,(H,23,24)(H,25,26)/b18-11-. The second kappa shape index (κ2) is 7.69. The molecule has 2 aromatic carbocycles. The first-order chi connectivity index (χ1) is 14.0. The fraction of sp³-hybridized carbons (Fsp3) is 0. The summed E-state index contributed by atoms with van der Waals surface area (Å²) in [5.74, 6) is -1.46. The van der Waals surface area contributed by atoms with Gasteiger partial charge in [-0.05, 0) is 48.2 Å². The highest BCUT2D eigenvalue weighted by molar-refractivity contribution is 8.03. The number of fused-ring (bicyclic) bond motifs is 1. The van der Waals surface area contributed by atoms with Crippen LogP contribution >= 0.6 is 11.8 Å². The Labute approximate surface area is 168 Å². The lowest BCUT2D eigenvalue weighted by Gasteiger charge is -2.00. The van der Waals surface area contributed by atoms with Crippen LogP contribution in [0, 0.1) is 0 Å². The highest BCUT2D eigenvalue weighted by Gasteiger charge is 2.16. The summed E-state index contributed by atoms with van der Waals surface area (Å²) in [4.78, 5) is 27.0. The van der Waals surface area contributed by atoms with Gasteiger partial charge in [0.05, 0.1) is 5.56 Å². The summed E-state index contributed by atoms with van der Waals surface area (Å²) in [6, 6.07) is 16.7. The van der Waals surface area contributed by atoms with Crippen LogP contribution in [0.15, 0.2) is 79.6 Å². The second-order valence-corrected chi connectivity index (χ2v) is 6.94. The van der Waals surface area contributed by atoms with Gasteiger partial charge in [0.1, 0.15) is 21.9 Å². The van der Waals surface area contributed by atoms with Crippen molar-refractivity contribution >= 4 is 40.9 Å². The van der Waals surface area contributed by atoms with Gasteiger partial charge >= 0.3 is 11.9 Å². The molecule has 0 bridgehead atoms. The van der Waals surface area contributed by atoms with E-state index >= 15 is 0 Å². The number of furan rings is 1. The van der Waals surface area contributed by atoms with Crippen LogP contribution in [0.3, 0.4) is 0 Å². The molecule has 0 aliphatic heterocycles. The molecule has 0 spiro atoms. The normalized spacial score (nSPS) is 11.7. The minimum Gasteiger partial charge on any atom is -0.478 e. The molecule has 0 saturated carbocycles. The van der Waals surface area contributed by atoms with E-state index in [1.165, 1.54) is 18.2 Å². The molecule has 0 fully saturated rings. The first-order valence-electron chi connectivity index (χ1n) is 8.41. The predicted octanol–water partition coefficient (Wildman–Crippen LogP) is 5.00. The van der Waals surface area contributed by atoms with Crippen molar-refractivity contribution in [2.75, 3.05) is 0 Å². The zero-order chi connectivity index (χ0) is 20.4. The second-order valence-electron chi connectivity index (χ2n) is 5.95. The number of carboxylic acid groups (broad SMARTS) is 2. The van der Waals surface area contributed by atoms with Gasteiger partial charge in [0.2, 0.25) is 0 Å². The molecule has 2 heterocycles. The van der Waals surface area contributed by atoms with Crippen LogP contribution in [0.25, 0.3) is 28.5 Å². The number of para-hydroxylation sites is 2. The number of hydrogen-bond acceptors (Lipinski definition) is 6. The highest BCUT2D eigenvalue weighted by atomic mass is 32.2. The number of thioether (sulfide) groups is 1. The number of oxazole rings is 1. The average molecular weight is 407 g/mol. The van der Waals surface area contributed by atoms with Gasteiger partial charge in [0.25, 0.3) is 5.22 Å². The summed E-state index contributed by atoms with van der Waals surface area (Å²) in [7, 11) is 0. The van der Waals surface area contributed by atoms with Crippen LogP contribution in [0.2, 0.25) is 0 Å². The third-order valence-electron chi connectivity index (χ3n) is 3.98. The topological polar surface area (TPSA) is 114 Å². The van der Waals surface area contributed by atoms with E-state index in [2.05, 4.69) is 4.98 Å². The molecular weight excluding hydrogens is 394 g/mol. The van der Waals surface area contributed by atoms with Gasteiger partial charge in [0, 0.05) is 11.6 Å². The molecular formula is C21H13NO6S. The first kappa shape index (κ1) is 18.6. The maximum atomic E-state index is 11.7. The highest BCUT2D eigenvalue weighted by Crippen LogP contribution is 2.32. The summed E-state index contributed by atoms with van der Waals surface area (Å²) in [5.41, 5.74) is 1.92. The molecule has 0 radical (unpaired) electrons. The van der Waals surface area contributed by atoms with Gasteiger partial charge in [-0.1, -0.05) is 24.3 Å². The largest absolute Gasteiger partial charge is 0.478 e. The van der Waals surface area contributed by atoms with Gasteiger partial charge in [-0.15, -0.1) is 0 Å². The Bertz CT molecular complexity index is 1220. The lowest BCUT2D eigenvalue weighted by molar-refractivity contribution is -0.131. The van der Waals surface area contributed by atoms with Crippen LogP contribution in [0.5, 0.6) is 0 Å². The van der Waals surface area contributed by atoms with E-state index in [9.17, 15) is 14.7 Å². The number of carboxylic acids is 2. The minimum absolute atomic E-state index is 0.0308. The summed E-state index contributed by atoms with van der Waals surface area (Å²) in [6.07, 6.45) is 1.37. The van der Waals surface area contributed by atoms with Crippen molar-refractivity contribution in [1.82, 2.24) is 4.98 Å². The third-order valence-corrected chi connectivity index (χ3v) is 4.84. The summed E-state index contributed by atoms with van der Waals surface area (Å²) >= 11 is 0.875. The van der Waals surface area contributed by atoms with E-state index < -0.39 is 11.9 Å². The molecule has 0 unspecified atom stereocenters. The van der Waals surface area contributed by atoms with Crippen molar-refractivity contribution in [1.29, 1.82) is 0 Å². The van der Waals surface area contributed by atoms with Crippen LogP contribution in [-0.4, -0.2) is 27.1 Å². The van der Waals surface area contributed by atoms with Crippen molar-refractivity contribution in [3.05, 3.63) is 76.9 Å². The summed E-state index contributed by atoms with van der Waals surface area (Å²) in [5, 5.41) is 18.8. The van der Waals surface area contributed by atoms with Crippen LogP contribution < -0.4 is 0 Å². The zero-order valence-corrected chi connectivity index (χ0v) is 15.6. The first-order valence-corrected chi connectivity index (χ1v) is 9.23. The SMILES string of the molecule is O=C(O)/C(=C/c1ccc(-c2cccc(C(=O)O)c2)o1)Sc1nc2ccccc2o1. The summed E-state index contributed by atoms with van der Waals surface area (Å²) < 4.78 is 11.2. The molecule has 0 saturated heterocycles. The molecule has 0 amide bonds. The molecule has 7 nitrogen and oxygen atoms in total. The Hall–Kier alpha value is -3.78. The molecule has 8 heteroatoms. The Balaban J connectivity index is 1.61.